The van der Waals surface area contributed by atoms with Crippen molar-refractivity contribution in [1.82, 2.24) is 14.8 Å². The summed E-state index contributed by atoms with van der Waals surface area (Å²) in [5, 5.41) is 18.5. The molecule has 2 aliphatic rings. The van der Waals surface area contributed by atoms with E-state index >= 15 is 0 Å². The molecule has 0 radical (unpaired) electrons. The largest absolute Gasteiger partial charge is 0.508 e. The Kier molecular flexibility index (Phi) is 3.94. The molecule has 0 amide bonds. The van der Waals surface area contributed by atoms with Gasteiger partial charge in [0.25, 0.3) is 0 Å². The van der Waals surface area contributed by atoms with Crippen molar-refractivity contribution in [3.05, 3.63) is 70.4 Å². The predicted octanol–water partition coefficient (Wildman–Crippen LogP) is 4.33. The van der Waals surface area contributed by atoms with E-state index in [-0.39, 0.29) is 11.5 Å². The quantitative estimate of drug-likeness (QED) is 0.678. The molecule has 3 aromatic rings. The first-order chi connectivity index (χ1) is 13.6. The summed E-state index contributed by atoms with van der Waals surface area (Å²) in [6.45, 7) is 0. The zero-order valence-electron chi connectivity index (χ0n) is 14.9. The first-order valence-corrected chi connectivity index (χ1v) is 9.53. The number of Topliss-reactive ketones (excluding diaryl/α,β-unsaturated/α-hetero) is 1. The van der Waals surface area contributed by atoms with Crippen LogP contribution in [-0.2, 0) is 4.79 Å². The maximum absolute atomic E-state index is 12.8. The number of halogens is 1. The normalized spacial score (nSPS) is 18.5. The second kappa shape index (κ2) is 6.49. The van der Waals surface area contributed by atoms with Gasteiger partial charge in [-0.25, -0.2) is 4.68 Å². The van der Waals surface area contributed by atoms with E-state index in [0.717, 1.165) is 29.7 Å². The van der Waals surface area contributed by atoms with Gasteiger partial charge in [0.15, 0.2) is 11.6 Å². The Balaban J connectivity index is 1.71. The number of aromatic nitrogens is 3. The number of phenols is 1. The number of ketones is 1. The summed E-state index contributed by atoms with van der Waals surface area (Å²) in [6, 6.07) is 13.9. The van der Waals surface area contributed by atoms with Gasteiger partial charge in [0.2, 0.25) is 5.95 Å². The highest BCUT2D eigenvalue weighted by Crippen LogP contribution is 2.41. The molecule has 5 rings (SSSR count). The van der Waals surface area contributed by atoms with Crippen LogP contribution < -0.4 is 5.32 Å². The van der Waals surface area contributed by atoms with Crippen LogP contribution in [0.25, 0.3) is 11.4 Å². The number of nitrogens with one attached hydrogen (secondary N) is 1. The third-order valence-corrected chi connectivity index (χ3v) is 5.50. The fourth-order valence-corrected chi connectivity index (χ4v) is 4.14. The molecule has 0 unspecified atom stereocenters. The van der Waals surface area contributed by atoms with Crippen molar-refractivity contribution in [2.24, 2.45) is 0 Å². The molecule has 0 fully saturated rings. The van der Waals surface area contributed by atoms with Gasteiger partial charge in [-0.1, -0.05) is 35.9 Å². The number of hydrogen-bond donors (Lipinski definition) is 2. The lowest BCUT2D eigenvalue weighted by molar-refractivity contribution is -0.116. The number of fused-ring (bicyclic) bond motifs is 1. The van der Waals surface area contributed by atoms with E-state index in [1.165, 1.54) is 0 Å². The van der Waals surface area contributed by atoms with Crippen molar-refractivity contribution >= 4 is 23.3 Å². The molecule has 2 heterocycles. The number of anilines is 1. The molecule has 1 aliphatic heterocycles. The van der Waals surface area contributed by atoms with Crippen LogP contribution in [0.5, 0.6) is 5.75 Å². The van der Waals surface area contributed by atoms with Crippen LogP contribution in [0.1, 0.15) is 30.9 Å². The molecule has 2 N–H and O–H groups in total. The molecule has 0 spiro atoms. The van der Waals surface area contributed by atoms with Crippen molar-refractivity contribution in [1.29, 1.82) is 0 Å². The van der Waals surface area contributed by atoms with E-state index in [0.29, 0.717) is 28.8 Å². The highest BCUT2D eigenvalue weighted by molar-refractivity contribution is 6.33. The number of phenolic OH excluding ortho intramolecular Hbond substituents is 1. The Morgan fingerprint density at radius 1 is 1.14 bits per heavy atom. The molecular weight excluding hydrogens is 376 g/mol. The Morgan fingerprint density at radius 2 is 2.00 bits per heavy atom. The number of benzene rings is 2. The van der Waals surface area contributed by atoms with E-state index in [4.69, 9.17) is 11.6 Å². The summed E-state index contributed by atoms with van der Waals surface area (Å²) in [5.74, 6) is 1.30. The number of aromatic hydroxyl groups is 1. The van der Waals surface area contributed by atoms with Crippen LogP contribution in [0.4, 0.5) is 5.95 Å². The minimum absolute atomic E-state index is 0.0996. The number of carbonyl (C=O) groups is 1. The number of hydrogen-bond acceptors (Lipinski definition) is 5. The number of allylic oxidation sites excluding steroid dienone is 2. The highest BCUT2D eigenvalue weighted by Gasteiger charge is 2.37. The van der Waals surface area contributed by atoms with Crippen LogP contribution in [0, 0.1) is 0 Å². The van der Waals surface area contributed by atoms with E-state index in [1.54, 1.807) is 28.9 Å². The summed E-state index contributed by atoms with van der Waals surface area (Å²) >= 11 is 6.33. The van der Waals surface area contributed by atoms with Crippen molar-refractivity contribution in [2.45, 2.75) is 25.3 Å². The average molecular weight is 393 g/mol. The Hall–Kier alpha value is -3.12. The van der Waals surface area contributed by atoms with Gasteiger partial charge < -0.3 is 10.4 Å². The van der Waals surface area contributed by atoms with E-state index in [2.05, 4.69) is 15.4 Å². The molecule has 7 heteroatoms. The van der Waals surface area contributed by atoms with Crippen LogP contribution in [0.15, 0.2) is 59.8 Å². The summed E-state index contributed by atoms with van der Waals surface area (Å²) in [6.07, 6.45) is 2.10. The zero-order valence-corrected chi connectivity index (χ0v) is 15.6. The molecular formula is C21H17ClN4O2. The Labute approximate surface area is 166 Å². The molecule has 2 aromatic carbocycles. The average Bonchev–Trinajstić information content (AvgIpc) is 3.10. The van der Waals surface area contributed by atoms with Gasteiger partial charge in [-0.3, -0.25) is 4.79 Å². The second-order valence-electron chi connectivity index (χ2n) is 6.97. The zero-order chi connectivity index (χ0) is 19.3. The van der Waals surface area contributed by atoms with Gasteiger partial charge in [0.05, 0.1) is 5.02 Å². The van der Waals surface area contributed by atoms with E-state index in [9.17, 15) is 9.90 Å². The summed E-state index contributed by atoms with van der Waals surface area (Å²) < 4.78 is 1.72. The van der Waals surface area contributed by atoms with Gasteiger partial charge in [-0.05, 0) is 42.7 Å². The minimum Gasteiger partial charge on any atom is -0.508 e. The van der Waals surface area contributed by atoms with Crippen molar-refractivity contribution < 1.29 is 9.90 Å². The number of rotatable bonds is 2. The molecule has 28 heavy (non-hydrogen) atoms. The molecule has 140 valence electrons. The van der Waals surface area contributed by atoms with E-state index in [1.807, 2.05) is 24.3 Å². The molecule has 6 nitrogen and oxygen atoms in total. The SMILES string of the molecule is O=C1CCCC2=C1[C@@H](c1cccc(O)c1)n1nc(-c3ccccc3Cl)nc1N2. The lowest BCUT2D eigenvalue weighted by Gasteiger charge is -2.32. The first kappa shape index (κ1) is 17.0. The Bertz CT molecular complexity index is 1130. The second-order valence-corrected chi connectivity index (χ2v) is 7.38. The fraction of sp³-hybridized carbons (Fsp3) is 0.190. The predicted molar refractivity (Wildman–Crippen MR) is 106 cm³/mol. The maximum Gasteiger partial charge on any atom is 0.226 e. The van der Waals surface area contributed by atoms with Crippen molar-refractivity contribution in [2.75, 3.05) is 5.32 Å². The van der Waals surface area contributed by atoms with Gasteiger partial charge >= 0.3 is 0 Å². The van der Waals surface area contributed by atoms with Gasteiger partial charge in [0, 0.05) is 23.3 Å². The molecule has 1 aliphatic carbocycles. The van der Waals surface area contributed by atoms with Crippen LogP contribution in [0.3, 0.4) is 0 Å². The van der Waals surface area contributed by atoms with Gasteiger partial charge in [-0.2, -0.15) is 4.98 Å². The lowest BCUT2D eigenvalue weighted by Crippen LogP contribution is -2.31. The van der Waals surface area contributed by atoms with Crippen LogP contribution >= 0.6 is 11.6 Å². The smallest absolute Gasteiger partial charge is 0.226 e. The van der Waals surface area contributed by atoms with Crippen LogP contribution in [-0.4, -0.2) is 25.7 Å². The summed E-state index contributed by atoms with van der Waals surface area (Å²) in [4.78, 5) is 17.4. The maximum atomic E-state index is 12.8. The molecule has 1 atom stereocenters. The van der Waals surface area contributed by atoms with Gasteiger partial charge in [0.1, 0.15) is 11.8 Å². The molecule has 1 aromatic heterocycles. The highest BCUT2D eigenvalue weighted by atomic mass is 35.5. The monoisotopic (exact) mass is 392 g/mol. The third-order valence-electron chi connectivity index (χ3n) is 5.17. The van der Waals surface area contributed by atoms with Gasteiger partial charge in [-0.15, -0.1) is 5.10 Å². The Morgan fingerprint density at radius 3 is 2.82 bits per heavy atom. The summed E-state index contributed by atoms with van der Waals surface area (Å²) in [5.41, 5.74) is 3.10. The fourth-order valence-electron chi connectivity index (χ4n) is 3.92. The standard InChI is InChI=1S/C21H17ClN4O2/c22-15-8-2-1-7-14(15)20-24-21-23-16-9-4-10-17(28)18(16)19(26(21)25-20)12-5-3-6-13(27)11-12/h1-3,5-8,11,19,27H,4,9-10H2,(H,23,24,25)/t19-/m1/s1. The van der Waals surface area contributed by atoms with Crippen molar-refractivity contribution in [3.8, 4) is 17.1 Å². The number of carbonyl (C=O) groups excluding carboxylic acids is 1. The topological polar surface area (TPSA) is 80.0 Å². The lowest BCUT2D eigenvalue weighted by atomic mass is 9.85. The van der Waals surface area contributed by atoms with Crippen LogP contribution in [0.2, 0.25) is 5.02 Å². The summed E-state index contributed by atoms with van der Waals surface area (Å²) in [7, 11) is 0. The molecule has 0 saturated heterocycles. The molecule has 0 bridgehead atoms. The van der Waals surface area contributed by atoms with E-state index < -0.39 is 6.04 Å². The third kappa shape index (κ3) is 2.68. The first-order valence-electron chi connectivity index (χ1n) is 9.15. The minimum atomic E-state index is -0.435. The molecule has 0 saturated carbocycles. The van der Waals surface area contributed by atoms with Crippen molar-refractivity contribution in [3.63, 3.8) is 0 Å². The number of nitrogens with zero attached hydrogens (tertiary/aromatic N) is 3.